The Balaban J connectivity index is 2.01. The largest absolute Gasteiger partial charge is 0.371 e. The minimum absolute atomic E-state index is 0.532. The Kier molecular flexibility index (Phi) is 4.08. The number of aromatic nitrogens is 1. The van der Waals surface area contributed by atoms with Gasteiger partial charge in [-0.25, -0.2) is 0 Å². The SMILES string of the molecule is CN1CCC(N(C)c2c(CN)cnc3ccccc23)CC1. The van der Waals surface area contributed by atoms with Gasteiger partial charge < -0.3 is 15.5 Å². The molecule has 0 radical (unpaired) electrons. The smallest absolute Gasteiger partial charge is 0.0723 e. The monoisotopic (exact) mass is 284 g/mol. The van der Waals surface area contributed by atoms with Crippen molar-refractivity contribution in [3.05, 3.63) is 36.0 Å². The normalized spacial score (nSPS) is 17.3. The van der Waals surface area contributed by atoms with Crippen LogP contribution in [0.5, 0.6) is 0 Å². The zero-order valence-electron chi connectivity index (χ0n) is 12.9. The summed E-state index contributed by atoms with van der Waals surface area (Å²) in [5, 5.41) is 1.21. The van der Waals surface area contributed by atoms with Gasteiger partial charge in [0.25, 0.3) is 0 Å². The number of hydrogen-bond acceptors (Lipinski definition) is 4. The van der Waals surface area contributed by atoms with Crippen molar-refractivity contribution in [1.29, 1.82) is 0 Å². The number of para-hydroxylation sites is 1. The molecule has 1 saturated heterocycles. The van der Waals surface area contributed by atoms with Gasteiger partial charge in [0.2, 0.25) is 0 Å². The van der Waals surface area contributed by atoms with Gasteiger partial charge >= 0.3 is 0 Å². The summed E-state index contributed by atoms with van der Waals surface area (Å²) in [5.41, 5.74) is 9.40. The van der Waals surface area contributed by atoms with Crippen molar-refractivity contribution in [1.82, 2.24) is 9.88 Å². The summed E-state index contributed by atoms with van der Waals surface area (Å²) in [5.74, 6) is 0. The van der Waals surface area contributed by atoms with Crippen LogP contribution in [0.1, 0.15) is 18.4 Å². The van der Waals surface area contributed by atoms with Crippen molar-refractivity contribution in [2.75, 3.05) is 32.1 Å². The van der Waals surface area contributed by atoms with E-state index in [1.54, 1.807) is 0 Å². The van der Waals surface area contributed by atoms with E-state index in [1.807, 2.05) is 12.3 Å². The fourth-order valence-electron chi connectivity index (χ4n) is 3.30. The highest BCUT2D eigenvalue weighted by Gasteiger charge is 2.23. The Hall–Kier alpha value is -1.65. The second-order valence-corrected chi connectivity index (χ2v) is 6.00. The lowest BCUT2D eigenvalue weighted by atomic mass is 10.0. The van der Waals surface area contributed by atoms with Crippen LogP contribution < -0.4 is 10.6 Å². The summed E-state index contributed by atoms with van der Waals surface area (Å²) in [6, 6.07) is 8.93. The molecule has 3 rings (SSSR count). The lowest BCUT2D eigenvalue weighted by Gasteiger charge is -2.37. The van der Waals surface area contributed by atoms with E-state index in [0.717, 1.165) is 24.2 Å². The number of nitrogens with two attached hydrogens (primary N) is 1. The minimum atomic E-state index is 0.532. The van der Waals surface area contributed by atoms with E-state index in [9.17, 15) is 0 Å². The molecule has 0 saturated carbocycles. The number of benzene rings is 1. The number of piperidine rings is 1. The second kappa shape index (κ2) is 6.00. The minimum Gasteiger partial charge on any atom is -0.371 e. The van der Waals surface area contributed by atoms with E-state index < -0.39 is 0 Å². The molecule has 0 aliphatic carbocycles. The van der Waals surface area contributed by atoms with Crippen LogP contribution in [0.15, 0.2) is 30.5 Å². The highest BCUT2D eigenvalue weighted by atomic mass is 15.2. The molecule has 1 aromatic heterocycles. The van der Waals surface area contributed by atoms with Gasteiger partial charge in [0.05, 0.1) is 11.2 Å². The summed E-state index contributed by atoms with van der Waals surface area (Å²) in [6.45, 7) is 2.86. The Bertz CT molecular complexity index is 617. The van der Waals surface area contributed by atoms with Gasteiger partial charge in [0.1, 0.15) is 0 Å². The van der Waals surface area contributed by atoms with E-state index in [1.165, 1.54) is 23.9 Å². The Morgan fingerprint density at radius 3 is 2.71 bits per heavy atom. The Morgan fingerprint density at radius 1 is 1.29 bits per heavy atom. The molecule has 1 aromatic carbocycles. The molecule has 1 aliphatic rings. The Labute approximate surface area is 126 Å². The second-order valence-electron chi connectivity index (χ2n) is 6.00. The lowest BCUT2D eigenvalue weighted by molar-refractivity contribution is 0.253. The number of fused-ring (bicyclic) bond motifs is 1. The van der Waals surface area contributed by atoms with Crippen LogP contribution in [0, 0.1) is 0 Å². The number of nitrogens with zero attached hydrogens (tertiary/aromatic N) is 3. The molecule has 4 nitrogen and oxygen atoms in total. The highest BCUT2D eigenvalue weighted by molar-refractivity contribution is 5.93. The molecule has 0 amide bonds. The van der Waals surface area contributed by atoms with Crippen molar-refractivity contribution in [3.8, 4) is 0 Å². The van der Waals surface area contributed by atoms with Gasteiger partial charge in [-0.2, -0.15) is 0 Å². The highest BCUT2D eigenvalue weighted by Crippen LogP contribution is 2.31. The summed E-state index contributed by atoms with van der Waals surface area (Å²) < 4.78 is 0. The van der Waals surface area contributed by atoms with Crippen LogP contribution in [0.25, 0.3) is 10.9 Å². The third-order valence-corrected chi connectivity index (χ3v) is 4.63. The maximum absolute atomic E-state index is 5.96. The first kappa shape index (κ1) is 14.3. The average Bonchev–Trinajstić information content (AvgIpc) is 2.53. The molecule has 0 spiro atoms. The third kappa shape index (κ3) is 2.74. The van der Waals surface area contributed by atoms with Gasteiger partial charge in [-0.3, -0.25) is 4.98 Å². The summed E-state index contributed by atoms with van der Waals surface area (Å²) >= 11 is 0. The molecule has 0 atom stereocenters. The van der Waals surface area contributed by atoms with Crippen molar-refractivity contribution >= 4 is 16.6 Å². The van der Waals surface area contributed by atoms with E-state index in [-0.39, 0.29) is 0 Å². The van der Waals surface area contributed by atoms with Crippen LogP contribution in [0.2, 0.25) is 0 Å². The number of pyridine rings is 1. The van der Waals surface area contributed by atoms with Crippen LogP contribution in [0.4, 0.5) is 5.69 Å². The molecule has 0 bridgehead atoms. The predicted octanol–water partition coefficient (Wildman–Crippen LogP) is 2.22. The van der Waals surface area contributed by atoms with Gasteiger partial charge in [-0.1, -0.05) is 18.2 Å². The van der Waals surface area contributed by atoms with E-state index >= 15 is 0 Å². The predicted molar refractivity (Wildman–Crippen MR) is 88.6 cm³/mol. The molecule has 2 N–H and O–H groups in total. The maximum atomic E-state index is 5.96. The van der Waals surface area contributed by atoms with Gasteiger partial charge in [0.15, 0.2) is 0 Å². The van der Waals surface area contributed by atoms with Crippen molar-refractivity contribution < 1.29 is 0 Å². The number of likely N-dealkylation sites (tertiary alicyclic amines) is 1. The fourth-order valence-corrected chi connectivity index (χ4v) is 3.30. The first-order valence-corrected chi connectivity index (χ1v) is 7.68. The standard InChI is InChI=1S/C17H24N4/c1-20-9-7-14(8-10-20)21(2)17-13(11-18)12-19-16-6-4-3-5-15(16)17/h3-6,12,14H,7-11,18H2,1-2H3. The molecule has 1 fully saturated rings. The van der Waals surface area contributed by atoms with Gasteiger partial charge in [-0.15, -0.1) is 0 Å². The summed E-state index contributed by atoms with van der Waals surface area (Å²) in [6.07, 6.45) is 4.34. The van der Waals surface area contributed by atoms with Crippen molar-refractivity contribution in [3.63, 3.8) is 0 Å². The molecular weight excluding hydrogens is 260 g/mol. The molecule has 0 unspecified atom stereocenters. The summed E-state index contributed by atoms with van der Waals surface area (Å²) in [7, 11) is 4.40. The topological polar surface area (TPSA) is 45.4 Å². The quantitative estimate of drug-likeness (QED) is 0.939. The van der Waals surface area contributed by atoms with Crippen LogP contribution >= 0.6 is 0 Å². The van der Waals surface area contributed by atoms with Crippen LogP contribution in [0.3, 0.4) is 0 Å². The van der Waals surface area contributed by atoms with Crippen molar-refractivity contribution in [2.45, 2.75) is 25.4 Å². The molecule has 4 heteroatoms. The van der Waals surface area contributed by atoms with Crippen molar-refractivity contribution in [2.24, 2.45) is 5.73 Å². The molecule has 21 heavy (non-hydrogen) atoms. The van der Waals surface area contributed by atoms with E-state index in [0.29, 0.717) is 12.6 Å². The fraction of sp³-hybridized carbons (Fsp3) is 0.471. The van der Waals surface area contributed by atoms with Crippen LogP contribution in [-0.2, 0) is 6.54 Å². The number of rotatable bonds is 3. The lowest BCUT2D eigenvalue weighted by Crippen LogP contribution is -2.42. The maximum Gasteiger partial charge on any atom is 0.0723 e. The van der Waals surface area contributed by atoms with Gasteiger partial charge in [-0.05, 0) is 39.0 Å². The number of anilines is 1. The van der Waals surface area contributed by atoms with Crippen LogP contribution in [-0.4, -0.2) is 43.1 Å². The summed E-state index contributed by atoms with van der Waals surface area (Å²) in [4.78, 5) is 9.37. The zero-order chi connectivity index (χ0) is 14.8. The number of hydrogen-bond donors (Lipinski definition) is 1. The molecule has 2 heterocycles. The molecular formula is C17H24N4. The molecule has 1 aliphatic heterocycles. The molecule has 112 valence electrons. The van der Waals surface area contributed by atoms with Gasteiger partial charge in [0, 0.05) is 36.8 Å². The zero-order valence-corrected chi connectivity index (χ0v) is 12.9. The average molecular weight is 284 g/mol. The Morgan fingerprint density at radius 2 is 2.00 bits per heavy atom. The first-order chi connectivity index (χ1) is 10.2. The molecule has 2 aromatic rings. The first-order valence-electron chi connectivity index (χ1n) is 7.68. The van der Waals surface area contributed by atoms with E-state index in [2.05, 4.69) is 47.1 Å². The third-order valence-electron chi connectivity index (χ3n) is 4.63. The van der Waals surface area contributed by atoms with E-state index in [4.69, 9.17) is 5.73 Å².